The lowest BCUT2D eigenvalue weighted by atomic mass is 9.78. The second-order valence-electron chi connectivity index (χ2n) is 4.75. The van der Waals surface area contributed by atoms with Crippen molar-refractivity contribution < 1.29 is 9.47 Å². The van der Waals surface area contributed by atoms with Crippen molar-refractivity contribution in [1.82, 2.24) is 0 Å². The molecule has 0 saturated carbocycles. The van der Waals surface area contributed by atoms with E-state index in [1.807, 2.05) is 18.2 Å². The molecule has 0 bridgehead atoms. The van der Waals surface area contributed by atoms with Crippen molar-refractivity contribution in [2.45, 2.75) is 33.1 Å². The summed E-state index contributed by atoms with van der Waals surface area (Å²) in [6, 6.07) is 8.45. The number of hydrogen-bond acceptors (Lipinski definition) is 3. The van der Waals surface area contributed by atoms with Crippen LogP contribution in [0.15, 0.2) is 18.2 Å². The average molecular weight is 245 g/mol. The van der Waals surface area contributed by atoms with Crippen LogP contribution < -0.4 is 9.47 Å². The molecule has 0 unspecified atom stereocenters. The van der Waals surface area contributed by atoms with Crippen molar-refractivity contribution in [3.05, 3.63) is 23.8 Å². The van der Waals surface area contributed by atoms with Crippen LogP contribution in [0.4, 0.5) is 0 Å². The van der Waals surface area contributed by atoms with Crippen molar-refractivity contribution in [3.63, 3.8) is 0 Å². The summed E-state index contributed by atoms with van der Waals surface area (Å²) in [4.78, 5) is 0. The highest BCUT2D eigenvalue weighted by atomic mass is 16.6. The first kappa shape index (κ1) is 12.8. The van der Waals surface area contributed by atoms with E-state index in [-0.39, 0.29) is 5.41 Å². The van der Waals surface area contributed by atoms with E-state index in [0.717, 1.165) is 36.3 Å². The Hall–Kier alpha value is -1.69. The summed E-state index contributed by atoms with van der Waals surface area (Å²) in [7, 11) is 0. The Bertz CT molecular complexity index is 458. The molecule has 18 heavy (non-hydrogen) atoms. The summed E-state index contributed by atoms with van der Waals surface area (Å²) in [5.74, 6) is 1.61. The Morgan fingerprint density at radius 2 is 1.83 bits per heavy atom. The zero-order valence-electron chi connectivity index (χ0n) is 11.0. The largest absolute Gasteiger partial charge is 0.486 e. The molecular formula is C15H19NO2. The van der Waals surface area contributed by atoms with Crippen molar-refractivity contribution in [3.8, 4) is 17.6 Å². The Morgan fingerprint density at radius 3 is 2.44 bits per heavy atom. The number of nitriles is 1. The Kier molecular flexibility index (Phi) is 3.76. The topological polar surface area (TPSA) is 42.2 Å². The molecule has 1 aromatic rings. The molecule has 2 rings (SSSR count). The first-order chi connectivity index (χ1) is 8.73. The number of nitrogens with zero attached hydrogens (tertiary/aromatic N) is 1. The van der Waals surface area contributed by atoms with Crippen molar-refractivity contribution in [2.24, 2.45) is 5.41 Å². The van der Waals surface area contributed by atoms with Crippen LogP contribution in [0.25, 0.3) is 0 Å². The van der Waals surface area contributed by atoms with E-state index in [4.69, 9.17) is 9.47 Å². The highest BCUT2D eigenvalue weighted by Gasteiger charge is 2.26. The summed E-state index contributed by atoms with van der Waals surface area (Å²) < 4.78 is 11.1. The van der Waals surface area contributed by atoms with Crippen LogP contribution in [-0.2, 0) is 6.42 Å². The van der Waals surface area contributed by atoms with Gasteiger partial charge < -0.3 is 9.47 Å². The van der Waals surface area contributed by atoms with E-state index in [1.165, 1.54) is 0 Å². The number of ether oxygens (including phenoxy) is 2. The molecule has 3 heteroatoms. The van der Waals surface area contributed by atoms with Gasteiger partial charge in [-0.3, -0.25) is 0 Å². The fraction of sp³-hybridized carbons (Fsp3) is 0.533. The predicted octanol–water partition coefficient (Wildman–Crippen LogP) is 3.33. The molecule has 0 saturated heterocycles. The summed E-state index contributed by atoms with van der Waals surface area (Å²) in [5, 5.41) is 9.37. The highest BCUT2D eigenvalue weighted by molar-refractivity contribution is 5.44. The maximum absolute atomic E-state index is 9.37. The maximum Gasteiger partial charge on any atom is 0.161 e. The number of rotatable bonds is 4. The average Bonchev–Trinajstić information content (AvgIpc) is 2.45. The Labute approximate surface area is 108 Å². The molecule has 0 spiro atoms. The van der Waals surface area contributed by atoms with Gasteiger partial charge in [0.05, 0.1) is 11.5 Å². The highest BCUT2D eigenvalue weighted by Crippen LogP contribution is 2.35. The minimum absolute atomic E-state index is 0.260. The van der Waals surface area contributed by atoms with E-state index in [9.17, 15) is 5.26 Å². The molecule has 1 aliphatic heterocycles. The zero-order valence-corrected chi connectivity index (χ0v) is 11.0. The Morgan fingerprint density at radius 1 is 1.17 bits per heavy atom. The minimum Gasteiger partial charge on any atom is -0.486 e. The third-order valence-electron chi connectivity index (χ3n) is 3.74. The van der Waals surface area contributed by atoms with E-state index in [2.05, 4.69) is 19.9 Å². The van der Waals surface area contributed by atoms with E-state index in [1.54, 1.807) is 0 Å². The van der Waals surface area contributed by atoms with Gasteiger partial charge in [-0.05, 0) is 37.0 Å². The van der Waals surface area contributed by atoms with Crippen LogP contribution in [0.1, 0.15) is 32.3 Å². The molecule has 0 N–H and O–H groups in total. The molecule has 96 valence electrons. The summed E-state index contributed by atoms with van der Waals surface area (Å²) in [6.45, 7) is 5.36. The van der Waals surface area contributed by atoms with Crippen LogP contribution in [0, 0.1) is 16.7 Å². The van der Waals surface area contributed by atoms with Crippen molar-refractivity contribution in [2.75, 3.05) is 13.2 Å². The molecule has 0 amide bonds. The van der Waals surface area contributed by atoms with Gasteiger partial charge in [-0.2, -0.15) is 5.26 Å². The fourth-order valence-electron chi connectivity index (χ4n) is 2.29. The van der Waals surface area contributed by atoms with Crippen LogP contribution in [-0.4, -0.2) is 13.2 Å². The molecule has 0 fully saturated rings. The molecule has 0 aliphatic carbocycles. The van der Waals surface area contributed by atoms with Crippen LogP contribution in [0.3, 0.4) is 0 Å². The molecule has 1 heterocycles. The lowest BCUT2D eigenvalue weighted by Crippen LogP contribution is -2.20. The molecule has 1 aliphatic rings. The van der Waals surface area contributed by atoms with Crippen molar-refractivity contribution >= 4 is 0 Å². The normalized spacial score (nSPS) is 14.1. The second-order valence-corrected chi connectivity index (χ2v) is 4.75. The SMILES string of the molecule is CCC(C#N)(CC)Cc1ccc2c(c1)OCCO2. The maximum atomic E-state index is 9.37. The van der Waals surface area contributed by atoms with Crippen LogP contribution >= 0.6 is 0 Å². The van der Waals surface area contributed by atoms with Gasteiger partial charge in [0, 0.05) is 0 Å². The molecule has 0 aromatic heterocycles. The van der Waals surface area contributed by atoms with Gasteiger partial charge >= 0.3 is 0 Å². The summed E-state index contributed by atoms with van der Waals surface area (Å²) in [6.07, 6.45) is 2.51. The van der Waals surface area contributed by atoms with Crippen molar-refractivity contribution in [1.29, 1.82) is 5.26 Å². The fourth-order valence-corrected chi connectivity index (χ4v) is 2.29. The zero-order chi connectivity index (χ0) is 13.0. The number of hydrogen-bond donors (Lipinski definition) is 0. The van der Waals surface area contributed by atoms with Crippen LogP contribution in [0.2, 0.25) is 0 Å². The van der Waals surface area contributed by atoms with Gasteiger partial charge in [0.15, 0.2) is 11.5 Å². The summed E-state index contributed by atoms with van der Waals surface area (Å²) in [5.41, 5.74) is 0.883. The third-order valence-corrected chi connectivity index (χ3v) is 3.74. The first-order valence-corrected chi connectivity index (χ1v) is 6.53. The molecule has 3 nitrogen and oxygen atoms in total. The van der Waals surface area contributed by atoms with E-state index >= 15 is 0 Å². The van der Waals surface area contributed by atoms with Gasteiger partial charge in [-0.15, -0.1) is 0 Å². The van der Waals surface area contributed by atoms with Crippen LogP contribution in [0.5, 0.6) is 11.5 Å². The van der Waals surface area contributed by atoms with E-state index < -0.39 is 0 Å². The first-order valence-electron chi connectivity index (χ1n) is 6.53. The van der Waals surface area contributed by atoms with Gasteiger partial charge in [-0.1, -0.05) is 19.9 Å². The lowest BCUT2D eigenvalue weighted by molar-refractivity contribution is 0.171. The van der Waals surface area contributed by atoms with Gasteiger partial charge in [-0.25, -0.2) is 0 Å². The standard InChI is InChI=1S/C15H19NO2/c1-3-15(4-2,11-16)10-12-5-6-13-14(9-12)18-8-7-17-13/h5-6,9H,3-4,7-8,10H2,1-2H3. The lowest BCUT2D eigenvalue weighted by Gasteiger charge is -2.24. The molecule has 1 aromatic carbocycles. The summed E-state index contributed by atoms with van der Waals surface area (Å²) >= 11 is 0. The van der Waals surface area contributed by atoms with Gasteiger partial charge in [0.1, 0.15) is 13.2 Å². The van der Waals surface area contributed by atoms with Gasteiger partial charge in [0.25, 0.3) is 0 Å². The number of fused-ring (bicyclic) bond motifs is 1. The quantitative estimate of drug-likeness (QED) is 0.817. The van der Waals surface area contributed by atoms with E-state index in [0.29, 0.717) is 13.2 Å². The molecular weight excluding hydrogens is 226 g/mol. The molecule has 0 atom stereocenters. The molecule has 0 radical (unpaired) electrons. The number of benzene rings is 1. The smallest absolute Gasteiger partial charge is 0.161 e. The predicted molar refractivity (Wildman–Crippen MR) is 69.8 cm³/mol. The Balaban J connectivity index is 2.22. The monoisotopic (exact) mass is 245 g/mol. The second kappa shape index (κ2) is 5.30. The third kappa shape index (κ3) is 2.43. The minimum atomic E-state index is -0.260. The van der Waals surface area contributed by atoms with Gasteiger partial charge in [0.2, 0.25) is 0 Å².